The minimum absolute atomic E-state index is 0.255. The Morgan fingerprint density at radius 2 is 2.22 bits per heavy atom. The zero-order chi connectivity index (χ0) is 15.6. The Morgan fingerprint density at radius 3 is 3.04 bits per heavy atom. The molecule has 1 aliphatic rings. The molecule has 1 unspecified atom stereocenters. The van der Waals surface area contributed by atoms with Crippen LogP contribution in [0, 0.1) is 11.7 Å². The molecule has 0 bridgehead atoms. The maximum Gasteiger partial charge on any atom is 0.160 e. The summed E-state index contributed by atoms with van der Waals surface area (Å²) in [5.41, 5.74) is 2.46. The molecular weight excluding hydrogens is 293 g/mol. The summed E-state index contributed by atoms with van der Waals surface area (Å²) in [5.74, 6) is 0.953. The summed E-state index contributed by atoms with van der Waals surface area (Å²) >= 11 is 0. The van der Waals surface area contributed by atoms with E-state index in [1.807, 2.05) is 18.2 Å². The fraction of sp³-hybridized carbons (Fsp3) is 0.333. The molecular formula is C18H18FN3O. The Hall–Kier alpha value is -2.27. The Balaban J connectivity index is 1.80. The van der Waals surface area contributed by atoms with Crippen LogP contribution >= 0.6 is 0 Å². The summed E-state index contributed by atoms with van der Waals surface area (Å²) in [6.07, 6.45) is 3.99. The van der Waals surface area contributed by atoms with E-state index in [2.05, 4.69) is 14.5 Å². The highest BCUT2D eigenvalue weighted by atomic mass is 19.1. The Morgan fingerprint density at radius 1 is 1.26 bits per heavy atom. The molecule has 0 saturated carbocycles. The molecule has 1 saturated heterocycles. The van der Waals surface area contributed by atoms with Gasteiger partial charge in [-0.2, -0.15) is 0 Å². The number of nitrogens with zero attached hydrogens (tertiary/aromatic N) is 3. The maximum atomic E-state index is 13.6. The van der Waals surface area contributed by atoms with E-state index in [0.717, 1.165) is 55.2 Å². The van der Waals surface area contributed by atoms with Crippen molar-refractivity contribution in [1.29, 1.82) is 0 Å². The number of fused-ring (bicyclic) bond motifs is 1. The van der Waals surface area contributed by atoms with Gasteiger partial charge in [0.2, 0.25) is 0 Å². The summed E-state index contributed by atoms with van der Waals surface area (Å²) in [6, 6.07) is 10.4. The number of rotatable bonds is 3. The van der Waals surface area contributed by atoms with Crippen LogP contribution in [0.4, 0.5) is 4.39 Å². The van der Waals surface area contributed by atoms with Gasteiger partial charge in [-0.3, -0.25) is 0 Å². The minimum Gasteiger partial charge on any atom is -0.381 e. The van der Waals surface area contributed by atoms with Gasteiger partial charge in [0.05, 0.1) is 6.61 Å². The van der Waals surface area contributed by atoms with E-state index in [-0.39, 0.29) is 5.82 Å². The average Bonchev–Trinajstić information content (AvgIpc) is 2.95. The zero-order valence-corrected chi connectivity index (χ0v) is 12.8. The topological polar surface area (TPSA) is 39.9 Å². The van der Waals surface area contributed by atoms with E-state index in [0.29, 0.717) is 5.92 Å². The molecule has 0 radical (unpaired) electrons. The lowest BCUT2D eigenvalue weighted by Gasteiger charge is -2.23. The normalized spacial score (nSPS) is 18.4. The summed E-state index contributed by atoms with van der Waals surface area (Å²) in [6.45, 7) is 2.39. The fourth-order valence-electron chi connectivity index (χ4n) is 3.19. The van der Waals surface area contributed by atoms with E-state index in [4.69, 9.17) is 4.74 Å². The lowest BCUT2D eigenvalue weighted by molar-refractivity contribution is 0.0489. The van der Waals surface area contributed by atoms with Gasteiger partial charge in [-0.1, -0.05) is 12.1 Å². The van der Waals surface area contributed by atoms with Crippen molar-refractivity contribution in [2.75, 3.05) is 13.2 Å². The number of benzene rings is 1. The molecule has 1 aliphatic heterocycles. The SMILES string of the molecule is Fc1cccc(-c2nc3cccnc3n2CC2CCCOC2)c1. The van der Waals surface area contributed by atoms with Crippen LogP contribution in [0.5, 0.6) is 0 Å². The molecule has 3 heterocycles. The second-order valence-electron chi connectivity index (χ2n) is 5.99. The Labute approximate surface area is 133 Å². The number of ether oxygens (including phenoxy) is 1. The van der Waals surface area contributed by atoms with Crippen molar-refractivity contribution in [2.45, 2.75) is 19.4 Å². The first-order chi connectivity index (χ1) is 11.3. The van der Waals surface area contributed by atoms with Gasteiger partial charge in [-0.15, -0.1) is 0 Å². The van der Waals surface area contributed by atoms with Crippen molar-refractivity contribution in [3.63, 3.8) is 0 Å². The lowest BCUT2D eigenvalue weighted by atomic mass is 10.0. The minimum atomic E-state index is -0.255. The highest BCUT2D eigenvalue weighted by Crippen LogP contribution is 2.27. The molecule has 23 heavy (non-hydrogen) atoms. The van der Waals surface area contributed by atoms with Crippen molar-refractivity contribution < 1.29 is 9.13 Å². The Bertz CT molecular complexity index is 824. The smallest absolute Gasteiger partial charge is 0.160 e. The van der Waals surface area contributed by atoms with E-state index in [1.165, 1.54) is 12.1 Å². The number of pyridine rings is 1. The molecule has 1 fully saturated rings. The van der Waals surface area contributed by atoms with Crippen LogP contribution in [0.2, 0.25) is 0 Å². The molecule has 118 valence electrons. The molecule has 0 N–H and O–H groups in total. The molecule has 4 rings (SSSR count). The zero-order valence-electron chi connectivity index (χ0n) is 12.8. The highest BCUT2D eigenvalue weighted by molar-refractivity contribution is 5.77. The van der Waals surface area contributed by atoms with Crippen LogP contribution < -0.4 is 0 Å². The summed E-state index contributed by atoms with van der Waals surface area (Å²) in [5, 5.41) is 0. The first-order valence-corrected chi connectivity index (χ1v) is 7.96. The average molecular weight is 311 g/mol. The molecule has 0 aliphatic carbocycles. The molecule has 2 aromatic heterocycles. The van der Waals surface area contributed by atoms with Gasteiger partial charge in [-0.05, 0) is 37.1 Å². The van der Waals surface area contributed by atoms with Gasteiger partial charge in [0.1, 0.15) is 17.2 Å². The number of halogens is 1. The van der Waals surface area contributed by atoms with E-state index < -0.39 is 0 Å². The van der Waals surface area contributed by atoms with E-state index in [9.17, 15) is 4.39 Å². The molecule has 1 aromatic carbocycles. The number of hydrogen-bond acceptors (Lipinski definition) is 3. The van der Waals surface area contributed by atoms with Gasteiger partial charge in [-0.25, -0.2) is 14.4 Å². The van der Waals surface area contributed by atoms with Crippen LogP contribution in [0.1, 0.15) is 12.8 Å². The van der Waals surface area contributed by atoms with Crippen LogP contribution in [0.3, 0.4) is 0 Å². The van der Waals surface area contributed by atoms with Gasteiger partial charge < -0.3 is 9.30 Å². The molecule has 3 aromatic rings. The maximum absolute atomic E-state index is 13.6. The quantitative estimate of drug-likeness (QED) is 0.741. The summed E-state index contributed by atoms with van der Waals surface area (Å²) < 4.78 is 21.3. The standard InChI is InChI=1S/C18H18FN3O/c19-15-6-1-5-14(10-15)17-21-16-7-2-8-20-18(16)22(17)11-13-4-3-9-23-12-13/h1-2,5-8,10,13H,3-4,9,11-12H2. The first-order valence-electron chi connectivity index (χ1n) is 7.96. The van der Waals surface area contributed by atoms with Crippen molar-refractivity contribution in [3.8, 4) is 11.4 Å². The summed E-state index contributed by atoms with van der Waals surface area (Å²) in [7, 11) is 0. The third-order valence-corrected chi connectivity index (χ3v) is 4.28. The second kappa shape index (κ2) is 6.08. The van der Waals surface area contributed by atoms with Gasteiger partial charge in [0, 0.05) is 30.8 Å². The third kappa shape index (κ3) is 2.84. The van der Waals surface area contributed by atoms with Crippen LogP contribution in [-0.2, 0) is 11.3 Å². The molecule has 4 nitrogen and oxygen atoms in total. The van der Waals surface area contributed by atoms with Crippen molar-refractivity contribution in [2.24, 2.45) is 5.92 Å². The van der Waals surface area contributed by atoms with Crippen LogP contribution in [-0.4, -0.2) is 27.7 Å². The molecule has 5 heteroatoms. The predicted molar refractivity (Wildman–Crippen MR) is 86.5 cm³/mol. The third-order valence-electron chi connectivity index (χ3n) is 4.28. The Kier molecular flexibility index (Phi) is 3.79. The number of hydrogen-bond donors (Lipinski definition) is 0. The lowest BCUT2D eigenvalue weighted by Crippen LogP contribution is -2.22. The first kappa shape index (κ1) is 14.3. The van der Waals surface area contributed by atoms with Crippen LogP contribution in [0.25, 0.3) is 22.6 Å². The molecule has 1 atom stereocenters. The van der Waals surface area contributed by atoms with Crippen molar-refractivity contribution in [1.82, 2.24) is 14.5 Å². The highest BCUT2D eigenvalue weighted by Gasteiger charge is 2.20. The van der Waals surface area contributed by atoms with Crippen LogP contribution in [0.15, 0.2) is 42.6 Å². The van der Waals surface area contributed by atoms with Gasteiger partial charge in [0.25, 0.3) is 0 Å². The largest absolute Gasteiger partial charge is 0.381 e. The number of imidazole rings is 1. The molecule has 0 spiro atoms. The predicted octanol–water partition coefficient (Wildman–Crippen LogP) is 3.66. The number of aromatic nitrogens is 3. The molecule has 0 amide bonds. The van der Waals surface area contributed by atoms with Gasteiger partial charge >= 0.3 is 0 Å². The van der Waals surface area contributed by atoms with Crippen molar-refractivity contribution in [3.05, 3.63) is 48.4 Å². The van der Waals surface area contributed by atoms with E-state index in [1.54, 1.807) is 12.3 Å². The monoisotopic (exact) mass is 311 g/mol. The summed E-state index contributed by atoms with van der Waals surface area (Å²) in [4.78, 5) is 9.16. The van der Waals surface area contributed by atoms with E-state index >= 15 is 0 Å². The second-order valence-corrected chi connectivity index (χ2v) is 5.99. The van der Waals surface area contributed by atoms with Crippen molar-refractivity contribution >= 4 is 11.2 Å². The van der Waals surface area contributed by atoms with Gasteiger partial charge in [0.15, 0.2) is 5.65 Å². The fourth-order valence-corrected chi connectivity index (χ4v) is 3.19.